The van der Waals surface area contributed by atoms with Gasteiger partial charge in [0.1, 0.15) is 0 Å². The van der Waals surface area contributed by atoms with Crippen molar-refractivity contribution >= 4 is 0 Å². The summed E-state index contributed by atoms with van der Waals surface area (Å²) in [6, 6.07) is 9.45. The molecular weight excluding hydrogens is 236 g/mol. The molecule has 19 heavy (non-hydrogen) atoms. The maximum atomic E-state index is 5.79. The standard InChI is InChI=1S/C16H24N2O/c1-13-12-18(9-4-10-19-13)16-7-8-17-11-14-5-2-3-6-15(14)16/h2-3,5-6,13,16-17H,4,7-12H2,1H3. The molecule has 0 radical (unpaired) electrons. The molecule has 3 heteroatoms. The lowest BCUT2D eigenvalue weighted by Crippen LogP contribution is -2.34. The van der Waals surface area contributed by atoms with E-state index in [0.29, 0.717) is 12.1 Å². The molecule has 3 nitrogen and oxygen atoms in total. The van der Waals surface area contributed by atoms with Gasteiger partial charge in [-0.3, -0.25) is 4.90 Å². The molecule has 2 aliphatic rings. The third-order valence-corrected chi connectivity index (χ3v) is 4.25. The lowest BCUT2D eigenvalue weighted by molar-refractivity contribution is 0.0598. The molecular formula is C16H24N2O. The van der Waals surface area contributed by atoms with Crippen LogP contribution in [0, 0.1) is 0 Å². The van der Waals surface area contributed by atoms with Gasteiger partial charge in [-0.15, -0.1) is 0 Å². The summed E-state index contributed by atoms with van der Waals surface area (Å²) >= 11 is 0. The van der Waals surface area contributed by atoms with Crippen LogP contribution in [0.3, 0.4) is 0 Å². The molecule has 2 atom stereocenters. The zero-order valence-corrected chi connectivity index (χ0v) is 11.8. The molecule has 3 rings (SSSR count). The van der Waals surface area contributed by atoms with Crippen molar-refractivity contribution in [3.8, 4) is 0 Å². The highest BCUT2D eigenvalue weighted by Gasteiger charge is 2.26. The maximum absolute atomic E-state index is 5.79. The van der Waals surface area contributed by atoms with Crippen LogP contribution in [0.5, 0.6) is 0 Å². The van der Waals surface area contributed by atoms with Crippen molar-refractivity contribution in [3.63, 3.8) is 0 Å². The quantitative estimate of drug-likeness (QED) is 0.839. The van der Waals surface area contributed by atoms with Gasteiger partial charge in [0.2, 0.25) is 0 Å². The van der Waals surface area contributed by atoms with E-state index in [1.165, 1.54) is 17.5 Å². The molecule has 0 saturated carbocycles. The fourth-order valence-electron chi connectivity index (χ4n) is 3.33. The second-order valence-electron chi connectivity index (χ2n) is 5.71. The average molecular weight is 260 g/mol. The zero-order valence-electron chi connectivity index (χ0n) is 11.8. The number of benzene rings is 1. The van der Waals surface area contributed by atoms with Gasteiger partial charge in [-0.25, -0.2) is 0 Å². The van der Waals surface area contributed by atoms with Crippen LogP contribution < -0.4 is 5.32 Å². The van der Waals surface area contributed by atoms with Crippen molar-refractivity contribution in [1.82, 2.24) is 10.2 Å². The summed E-state index contributed by atoms with van der Waals surface area (Å²) in [5, 5.41) is 3.54. The molecule has 0 spiro atoms. The number of hydrogen-bond acceptors (Lipinski definition) is 3. The molecule has 2 unspecified atom stereocenters. The minimum Gasteiger partial charge on any atom is -0.377 e. The summed E-state index contributed by atoms with van der Waals surface area (Å²) in [4.78, 5) is 2.63. The summed E-state index contributed by atoms with van der Waals surface area (Å²) in [6.07, 6.45) is 2.70. The van der Waals surface area contributed by atoms with Crippen molar-refractivity contribution in [2.75, 3.05) is 26.2 Å². The first-order chi connectivity index (χ1) is 9.34. The summed E-state index contributed by atoms with van der Waals surface area (Å²) in [5.41, 5.74) is 2.98. The number of hydrogen-bond donors (Lipinski definition) is 1. The van der Waals surface area contributed by atoms with E-state index in [9.17, 15) is 0 Å². The van der Waals surface area contributed by atoms with E-state index >= 15 is 0 Å². The Balaban J connectivity index is 1.86. The normalized spacial score (nSPS) is 29.3. The topological polar surface area (TPSA) is 24.5 Å². The van der Waals surface area contributed by atoms with Crippen LogP contribution in [0.25, 0.3) is 0 Å². The predicted molar refractivity (Wildman–Crippen MR) is 77.1 cm³/mol. The first-order valence-corrected chi connectivity index (χ1v) is 7.49. The van der Waals surface area contributed by atoms with Crippen molar-refractivity contribution in [3.05, 3.63) is 35.4 Å². The fourth-order valence-corrected chi connectivity index (χ4v) is 3.33. The van der Waals surface area contributed by atoms with Gasteiger partial charge in [-0.05, 0) is 37.4 Å². The van der Waals surface area contributed by atoms with E-state index < -0.39 is 0 Å². The molecule has 0 bridgehead atoms. The summed E-state index contributed by atoms with van der Waals surface area (Å²) in [7, 11) is 0. The van der Waals surface area contributed by atoms with Gasteiger partial charge >= 0.3 is 0 Å². The average Bonchev–Trinajstić information content (AvgIpc) is 2.76. The lowest BCUT2D eigenvalue weighted by atomic mass is 9.97. The summed E-state index contributed by atoms with van der Waals surface area (Å²) < 4.78 is 5.79. The van der Waals surface area contributed by atoms with Gasteiger partial charge in [0, 0.05) is 32.3 Å². The van der Waals surface area contributed by atoms with E-state index in [0.717, 1.165) is 39.2 Å². The first kappa shape index (κ1) is 13.1. The van der Waals surface area contributed by atoms with Crippen LogP contribution in [0.15, 0.2) is 24.3 Å². The molecule has 0 amide bonds. The molecule has 2 aliphatic heterocycles. The molecule has 0 aliphatic carbocycles. The van der Waals surface area contributed by atoms with Gasteiger partial charge in [0.05, 0.1) is 6.10 Å². The molecule has 0 aromatic heterocycles. The second kappa shape index (κ2) is 6.04. The molecule has 1 N–H and O–H groups in total. The molecule has 2 heterocycles. The Bertz CT molecular complexity index is 421. The highest BCUT2D eigenvalue weighted by atomic mass is 16.5. The molecule has 104 valence electrons. The van der Waals surface area contributed by atoms with Crippen molar-refractivity contribution < 1.29 is 4.74 Å². The molecule has 1 saturated heterocycles. The van der Waals surface area contributed by atoms with E-state index in [2.05, 4.69) is 41.4 Å². The van der Waals surface area contributed by atoms with Crippen molar-refractivity contribution in [1.29, 1.82) is 0 Å². The number of fused-ring (bicyclic) bond motifs is 1. The highest BCUT2D eigenvalue weighted by Crippen LogP contribution is 2.30. The van der Waals surface area contributed by atoms with E-state index in [4.69, 9.17) is 4.74 Å². The Morgan fingerprint density at radius 1 is 1.32 bits per heavy atom. The Morgan fingerprint density at radius 3 is 3.16 bits per heavy atom. The van der Waals surface area contributed by atoms with Crippen LogP contribution in [0.4, 0.5) is 0 Å². The maximum Gasteiger partial charge on any atom is 0.0674 e. The Hall–Kier alpha value is -0.900. The minimum absolute atomic E-state index is 0.353. The van der Waals surface area contributed by atoms with Crippen LogP contribution >= 0.6 is 0 Å². The Labute approximate surface area is 115 Å². The van der Waals surface area contributed by atoms with Crippen LogP contribution in [0.1, 0.15) is 36.9 Å². The fraction of sp³-hybridized carbons (Fsp3) is 0.625. The summed E-state index contributed by atoms with van der Waals surface area (Å²) in [5.74, 6) is 0. The third kappa shape index (κ3) is 2.99. The van der Waals surface area contributed by atoms with E-state index in [1.807, 2.05) is 0 Å². The molecule has 1 fully saturated rings. The third-order valence-electron chi connectivity index (χ3n) is 4.25. The highest BCUT2D eigenvalue weighted by molar-refractivity contribution is 5.31. The van der Waals surface area contributed by atoms with Crippen LogP contribution in [-0.2, 0) is 11.3 Å². The number of nitrogens with zero attached hydrogens (tertiary/aromatic N) is 1. The first-order valence-electron chi connectivity index (χ1n) is 7.49. The smallest absolute Gasteiger partial charge is 0.0674 e. The lowest BCUT2D eigenvalue weighted by Gasteiger charge is -2.32. The Morgan fingerprint density at radius 2 is 2.21 bits per heavy atom. The van der Waals surface area contributed by atoms with Crippen molar-refractivity contribution in [2.24, 2.45) is 0 Å². The van der Waals surface area contributed by atoms with Crippen LogP contribution in [-0.4, -0.2) is 37.2 Å². The number of ether oxygens (including phenoxy) is 1. The SMILES string of the molecule is CC1CN(C2CCNCc3ccccc32)CCCO1. The largest absolute Gasteiger partial charge is 0.377 e. The second-order valence-corrected chi connectivity index (χ2v) is 5.71. The minimum atomic E-state index is 0.353. The van der Waals surface area contributed by atoms with Gasteiger partial charge in [0.25, 0.3) is 0 Å². The zero-order chi connectivity index (χ0) is 13.1. The molecule has 1 aromatic carbocycles. The molecule has 1 aromatic rings. The van der Waals surface area contributed by atoms with Gasteiger partial charge in [-0.1, -0.05) is 24.3 Å². The van der Waals surface area contributed by atoms with Crippen LogP contribution in [0.2, 0.25) is 0 Å². The van der Waals surface area contributed by atoms with E-state index in [-0.39, 0.29) is 0 Å². The number of nitrogens with one attached hydrogen (secondary N) is 1. The summed E-state index contributed by atoms with van der Waals surface area (Å²) in [6.45, 7) is 7.42. The van der Waals surface area contributed by atoms with Gasteiger partial charge in [-0.2, -0.15) is 0 Å². The van der Waals surface area contributed by atoms with E-state index in [1.54, 1.807) is 0 Å². The predicted octanol–water partition coefficient (Wildman–Crippen LogP) is 2.33. The monoisotopic (exact) mass is 260 g/mol. The van der Waals surface area contributed by atoms with Gasteiger partial charge in [0.15, 0.2) is 0 Å². The Kier molecular flexibility index (Phi) is 4.16. The number of rotatable bonds is 1. The van der Waals surface area contributed by atoms with Gasteiger partial charge < -0.3 is 10.1 Å². The van der Waals surface area contributed by atoms with Crippen molar-refractivity contribution in [2.45, 2.75) is 38.5 Å².